The van der Waals surface area contributed by atoms with E-state index in [4.69, 9.17) is 5.73 Å². The zero-order valence-electron chi connectivity index (χ0n) is 9.60. The number of carbonyl (C=O) groups excluding carboxylic acids is 1. The van der Waals surface area contributed by atoms with Crippen LogP contribution < -0.4 is 11.1 Å². The minimum Gasteiger partial charge on any atom is -0.366 e. The number of carbonyl (C=O) groups is 1. The summed E-state index contributed by atoms with van der Waals surface area (Å²) in [5.41, 5.74) is 5.65. The third-order valence-electron chi connectivity index (χ3n) is 2.11. The van der Waals surface area contributed by atoms with Gasteiger partial charge in [-0.2, -0.15) is 0 Å². The average molecular weight is 276 g/mol. The van der Waals surface area contributed by atoms with Crippen molar-refractivity contribution >= 4 is 27.1 Å². The summed E-state index contributed by atoms with van der Waals surface area (Å²) in [4.78, 5) is 11.9. The highest BCUT2D eigenvalue weighted by Crippen LogP contribution is 2.13. The normalized spacial score (nSPS) is 11.6. The summed E-state index contributed by atoms with van der Waals surface area (Å²) in [6, 6.07) is 1.75. The predicted molar refractivity (Wildman–Crippen MR) is 68.9 cm³/mol. The molecule has 0 unspecified atom stereocenters. The lowest BCUT2D eigenvalue weighted by molar-refractivity contribution is 0.100. The van der Waals surface area contributed by atoms with Crippen molar-refractivity contribution in [2.24, 2.45) is 5.73 Å². The molecule has 0 aliphatic heterocycles. The first kappa shape index (κ1) is 14.1. The van der Waals surface area contributed by atoms with E-state index >= 15 is 0 Å². The summed E-state index contributed by atoms with van der Waals surface area (Å²) < 4.78 is 21.7. The molecular weight excluding hydrogens is 260 g/mol. The van der Waals surface area contributed by atoms with Gasteiger partial charge in [-0.15, -0.1) is 11.3 Å². The number of rotatable bonds is 7. The molecule has 0 spiro atoms. The Balaban J connectivity index is 2.24. The van der Waals surface area contributed by atoms with Crippen molar-refractivity contribution in [2.75, 3.05) is 18.6 Å². The number of nitrogens with two attached hydrogens (primary N) is 1. The van der Waals surface area contributed by atoms with Gasteiger partial charge in [0, 0.05) is 23.1 Å². The zero-order chi connectivity index (χ0) is 12.9. The van der Waals surface area contributed by atoms with Crippen LogP contribution in [-0.4, -0.2) is 32.9 Å². The maximum absolute atomic E-state index is 10.9. The number of nitrogens with one attached hydrogen (secondary N) is 1. The molecule has 0 radical (unpaired) electrons. The Morgan fingerprint density at radius 1 is 1.53 bits per heavy atom. The Kier molecular flexibility index (Phi) is 5.10. The summed E-state index contributed by atoms with van der Waals surface area (Å²) in [6.45, 7) is 1.26. The molecule has 0 saturated heterocycles. The van der Waals surface area contributed by atoms with Crippen LogP contribution in [-0.2, 0) is 16.4 Å². The van der Waals surface area contributed by atoms with E-state index in [1.54, 1.807) is 11.4 Å². The Hall–Kier alpha value is -0.920. The van der Waals surface area contributed by atoms with E-state index in [9.17, 15) is 13.2 Å². The van der Waals surface area contributed by atoms with E-state index in [1.807, 2.05) is 0 Å². The molecule has 0 atom stereocenters. The largest absolute Gasteiger partial charge is 0.366 e. The van der Waals surface area contributed by atoms with Crippen molar-refractivity contribution in [2.45, 2.75) is 13.0 Å². The van der Waals surface area contributed by atoms with Crippen molar-refractivity contribution in [3.8, 4) is 0 Å². The van der Waals surface area contributed by atoms with Gasteiger partial charge in [0.1, 0.15) is 9.84 Å². The van der Waals surface area contributed by atoms with Crippen LogP contribution in [0.1, 0.15) is 21.7 Å². The molecule has 17 heavy (non-hydrogen) atoms. The maximum atomic E-state index is 10.9. The molecule has 1 aromatic heterocycles. The summed E-state index contributed by atoms with van der Waals surface area (Å²) in [7, 11) is -2.87. The Morgan fingerprint density at radius 2 is 2.24 bits per heavy atom. The van der Waals surface area contributed by atoms with E-state index in [0.717, 1.165) is 4.88 Å². The van der Waals surface area contributed by atoms with Gasteiger partial charge < -0.3 is 11.1 Å². The van der Waals surface area contributed by atoms with Gasteiger partial charge in [0.25, 0.3) is 0 Å². The fourth-order valence-corrected chi connectivity index (χ4v) is 2.79. The summed E-state index contributed by atoms with van der Waals surface area (Å²) >= 11 is 1.46. The second-order valence-corrected chi connectivity index (χ2v) is 7.08. The maximum Gasteiger partial charge on any atom is 0.249 e. The monoisotopic (exact) mass is 276 g/mol. The smallest absolute Gasteiger partial charge is 0.249 e. The van der Waals surface area contributed by atoms with Crippen molar-refractivity contribution in [1.29, 1.82) is 0 Å². The first-order valence-corrected chi connectivity index (χ1v) is 8.08. The minimum atomic E-state index is -2.87. The second kappa shape index (κ2) is 6.13. The quantitative estimate of drug-likeness (QED) is 0.704. The van der Waals surface area contributed by atoms with Gasteiger partial charge in [0.05, 0.1) is 11.3 Å². The first-order valence-electron chi connectivity index (χ1n) is 5.14. The third kappa shape index (κ3) is 5.81. The number of primary amides is 1. The molecule has 96 valence electrons. The van der Waals surface area contributed by atoms with Gasteiger partial charge in [-0.25, -0.2) is 8.42 Å². The SMILES string of the molecule is CS(=O)(=O)CCCNCc1cc(C(N)=O)cs1. The number of hydrogen-bond donors (Lipinski definition) is 2. The van der Waals surface area contributed by atoms with Crippen molar-refractivity contribution in [3.63, 3.8) is 0 Å². The van der Waals surface area contributed by atoms with Gasteiger partial charge in [-0.3, -0.25) is 4.79 Å². The molecule has 1 rings (SSSR count). The molecule has 1 heterocycles. The molecule has 0 aliphatic rings. The lowest BCUT2D eigenvalue weighted by Gasteiger charge is -2.01. The van der Waals surface area contributed by atoms with Crippen LogP contribution in [0.3, 0.4) is 0 Å². The number of amides is 1. The standard InChI is InChI=1S/C10H16N2O3S2/c1-17(14,15)4-2-3-12-6-9-5-8(7-16-9)10(11)13/h5,7,12H,2-4,6H2,1H3,(H2,11,13). The van der Waals surface area contributed by atoms with Crippen LogP contribution in [0.4, 0.5) is 0 Å². The van der Waals surface area contributed by atoms with E-state index in [1.165, 1.54) is 17.6 Å². The Bertz CT molecular complexity index is 479. The van der Waals surface area contributed by atoms with E-state index < -0.39 is 15.7 Å². The number of hydrogen-bond acceptors (Lipinski definition) is 5. The topological polar surface area (TPSA) is 89.3 Å². The summed E-state index contributed by atoms with van der Waals surface area (Å²) in [5, 5.41) is 4.84. The Morgan fingerprint density at radius 3 is 2.76 bits per heavy atom. The summed E-state index contributed by atoms with van der Waals surface area (Å²) in [5.74, 6) is -0.235. The van der Waals surface area contributed by atoms with E-state index in [0.29, 0.717) is 25.1 Å². The molecule has 0 bridgehead atoms. The average Bonchev–Trinajstić information content (AvgIpc) is 2.64. The fourth-order valence-electron chi connectivity index (χ4n) is 1.27. The van der Waals surface area contributed by atoms with Gasteiger partial charge in [0.15, 0.2) is 0 Å². The zero-order valence-corrected chi connectivity index (χ0v) is 11.2. The lowest BCUT2D eigenvalue weighted by Crippen LogP contribution is -2.17. The molecule has 1 aromatic rings. The molecule has 1 amide bonds. The van der Waals surface area contributed by atoms with Crippen LogP contribution in [0.2, 0.25) is 0 Å². The van der Waals surface area contributed by atoms with Gasteiger partial charge in [-0.1, -0.05) is 0 Å². The molecule has 0 fully saturated rings. The molecule has 7 heteroatoms. The first-order chi connectivity index (χ1) is 7.88. The molecular formula is C10H16N2O3S2. The van der Waals surface area contributed by atoms with Crippen molar-refractivity contribution in [1.82, 2.24) is 5.32 Å². The second-order valence-electron chi connectivity index (χ2n) is 3.83. The highest BCUT2D eigenvalue weighted by atomic mass is 32.2. The minimum absolute atomic E-state index is 0.191. The van der Waals surface area contributed by atoms with Crippen LogP contribution in [0.5, 0.6) is 0 Å². The highest BCUT2D eigenvalue weighted by Gasteiger charge is 2.04. The van der Waals surface area contributed by atoms with Gasteiger partial charge >= 0.3 is 0 Å². The highest BCUT2D eigenvalue weighted by molar-refractivity contribution is 7.90. The van der Waals surface area contributed by atoms with Crippen LogP contribution in [0.25, 0.3) is 0 Å². The summed E-state index contributed by atoms with van der Waals surface area (Å²) in [6.07, 6.45) is 1.82. The molecule has 5 nitrogen and oxygen atoms in total. The van der Waals surface area contributed by atoms with Crippen LogP contribution in [0.15, 0.2) is 11.4 Å². The van der Waals surface area contributed by atoms with Crippen molar-refractivity contribution in [3.05, 3.63) is 21.9 Å². The fraction of sp³-hybridized carbons (Fsp3) is 0.500. The van der Waals surface area contributed by atoms with Gasteiger partial charge in [0.2, 0.25) is 5.91 Å². The van der Waals surface area contributed by atoms with E-state index in [2.05, 4.69) is 5.32 Å². The molecule has 0 aromatic carbocycles. The van der Waals surface area contributed by atoms with Crippen LogP contribution >= 0.6 is 11.3 Å². The van der Waals surface area contributed by atoms with Crippen LogP contribution in [0, 0.1) is 0 Å². The van der Waals surface area contributed by atoms with Gasteiger partial charge in [-0.05, 0) is 19.0 Å². The number of thiophene rings is 1. The molecule has 0 saturated carbocycles. The van der Waals surface area contributed by atoms with Crippen molar-refractivity contribution < 1.29 is 13.2 Å². The predicted octanol–water partition coefficient (Wildman–Crippen LogP) is 0.371. The molecule has 3 N–H and O–H groups in total. The number of sulfone groups is 1. The van der Waals surface area contributed by atoms with E-state index in [-0.39, 0.29) is 5.75 Å². The lowest BCUT2D eigenvalue weighted by atomic mass is 10.3. The molecule has 0 aliphatic carbocycles. The Labute approximate surface area is 105 Å². The third-order valence-corrected chi connectivity index (χ3v) is 4.07.